The van der Waals surface area contributed by atoms with E-state index in [-0.39, 0.29) is 37.2 Å². The van der Waals surface area contributed by atoms with Gasteiger partial charge in [0.15, 0.2) is 5.96 Å². The van der Waals surface area contributed by atoms with Crippen LogP contribution in [0, 0.1) is 11.8 Å². The van der Waals surface area contributed by atoms with Crippen molar-refractivity contribution >= 4 is 29.7 Å². The molecule has 0 fully saturated rings. The third-order valence-corrected chi connectivity index (χ3v) is 5.88. The van der Waals surface area contributed by atoms with E-state index >= 15 is 0 Å². The highest BCUT2D eigenvalue weighted by Crippen LogP contribution is 2.10. The monoisotopic (exact) mass is 547 g/mol. The van der Waals surface area contributed by atoms with Gasteiger partial charge in [-0.15, -0.1) is 0 Å². The second-order valence-corrected chi connectivity index (χ2v) is 10.5. The molecule has 0 aliphatic heterocycles. The summed E-state index contributed by atoms with van der Waals surface area (Å²) in [4.78, 5) is 54.9. The van der Waals surface area contributed by atoms with Crippen molar-refractivity contribution in [1.29, 1.82) is 0 Å². The standard InChI is InChI=1S/C27H45N7O5/c1-16(2)13-21(33-23(35)19(28)15-18-9-6-5-7-10-18)25(37)32-20(11-8-12-31-27(29)30)24(36)34-22(26(38)39)14-17(3)4/h5-7,9-10,16-17,19-22H,8,11-15,28H2,1-4H3,(H,32,37)(H,33,35)(H,34,36)(H,38,39)(H4,29,30,31). The fourth-order valence-electron chi connectivity index (χ4n) is 3.95. The predicted octanol–water partition coefficient (Wildman–Crippen LogP) is 0.241. The molecule has 218 valence electrons. The molecule has 10 N–H and O–H groups in total. The van der Waals surface area contributed by atoms with Crippen LogP contribution in [0.4, 0.5) is 0 Å². The Bertz CT molecular complexity index is 965. The zero-order valence-corrected chi connectivity index (χ0v) is 23.4. The Morgan fingerprint density at radius 1 is 0.821 bits per heavy atom. The fourth-order valence-corrected chi connectivity index (χ4v) is 3.95. The van der Waals surface area contributed by atoms with Gasteiger partial charge in [0.05, 0.1) is 6.04 Å². The van der Waals surface area contributed by atoms with E-state index in [0.717, 1.165) is 5.56 Å². The summed E-state index contributed by atoms with van der Waals surface area (Å²) in [5, 5.41) is 17.5. The number of carbonyl (C=O) groups excluding carboxylic acids is 3. The molecule has 1 aromatic rings. The molecular weight excluding hydrogens is 502 g/mol. The van der Waals surface area contributed by atoms with Crippen molar-refractivity contribution < 1.29 is 24.3 Å². The lowest BCUT2D eigenvalue weighted by Gasteiger charge is -2.26. The molecule has 4 unspecified atom stereocenters. The minimum absolute atomic E-state index is 0.0204. The molecule has 4 atom stereocenters. The number of nitrogens with zero attached hydrogens (tertiary/aromatic N) is 1. The summed E-state index contributed by atoms with van der Waals surface area (Å²) < 4.78 is 0. The highest BCUT2D eigenvalue weighted by molar-refractivity contribution is 5.94. The number of hydrogen-bond acceptors (Lipinski definition) is 6. The van der Waals surface area contributed by atoms with Crippen LogP contribution in [-0.2, 0) is 25.6 Å². The number of guanidine groups is 1. The van der Waals surface area contributed by atoms with Gasteiger partial charge in [-0.1, -0.05) is 58.0 Å². The van der Waals surface area contributed by atoms with Crippen LogP contribution < -0.4 is 33.2 Å². The third kappa shape index (κ3) is 13.6. The normalized spacial score (nSPS) is 14.1. The lowest BCUT2D eigenvalue weighted by Crippen LogP contribution is -2.57. The SMILES string of the molecule is CC(C)CC(NC(=O)C(CCCN=C(N)N)NC(=O)C(CC(C)C)NC(=O)C(N)Cc1ccccc1)C(=O)O. The average molecular weight is 548 g/mol. The Kier molecular flexibility index (Phi) is 14.6. The number of carbonyl (C=O) groups is 4. The second-order valence-electron chi connectivity index (χ2n) is 10.5. The van der Waals surface area contributed by atoms with Crippen LogP contribution in [0.15, 0.2) is 35.3 Å². The maximum atomic E-state index is 13.3. The molecule has 12 heteroatoms. The maximum absolute atomic E-state index is 13.3. The summed E-state index contributed by atoms with van der Waals surface area (Å²) >= 11 is 0. The number of benzene rings is 1. The molecule has 3 amide bonds. The van der Waals surface area contributed by atoms with Gasteiger partial charge in [0.25, 0.3) is 0 Å². The van der Waals surface area contributed by atoms with Crippen molar-refractivity contribution in [2.75, 3.05) is 6.54 Å². The Morgan fingerprint density at radius 3 is 1.87 bits per heavy atom. The van der Waals surface area contributed by atoms with Crippen molar-refractivity contribution in [3.63, 3.8) is 0 Å². The molecule has 0 radical (unpaired) electrons. The van der Waals surface area contributed by atoms with Gasteiger partial charge in [0, 0.05) is 6.54 Å². The summed E-state index contributed by atoms with van der Waals surface area (Å²) in [7, 11) is 0. The molecule has 0 aliphatic rings. The quantitative estimate of drug-likeness (QED) is 0.0812. The van der Waals surface area contributed by atoms with Gasteiger partial charge in [-0.25, -0.2) is 4.79 Å². The highest BCUT2D eigenvalue weighted by atomic mass is 16.4. The van der Waals surface area contributed by atoms with Crippen LogP contribution in [-0.4, -0.2) is 65.5 Å². The number of nitrogens with two attached hydrogens (primary N) is 3. The third-order valence-electron chi connectivity index (χ3n) is 5.88. The largest absolute Gasteiger partial charge is 0.480 e. The first-order valence-corrected chi connectivity index (χ1v) is 13.3. The summed E-state index contributed by atoms with van der Waals surface area (Å²) in [5.74, 6) is -2.90. The summed E-state index contributed by atoms with van der Waals surface area (Å²) in [6.45, 7) is 7.71. The molecule has 0 bridgehead atoms. The van der Waals surface area contributed by atoms with Gasteiger partial charge in [-0.2, -0.15) is 0 Å². The molecule has 0 aromatic heterocycles. The predicted molar refractivity (Wildman–Crippen MR) is 150 cm³/mol. The number of aliphatic imine (C=N–C) groups is 1. The Labute approximate surface area is 230 Å². The maximum Gasteiger partial charge on any atom is 0.326 e. The molecule has 0 saturated carbocycles. The average Bonchev–Trinajstić information content (AvgIpc) is 2.84. The number of carboxylic acid groups (broad SMARTS) is 1. The number of carboxylic acids is 1. The number of aliphatic carboxylic acids is 1. The van der Waals surface area contributed by atoms with E-state index in [1.165, 1.54) is 0 Å². The Morgan fingerprint density at radius 2 is 1.33 bits per heavy atom. The van der Waals surface area contributed by atoms with Gasteiger partial charge in [-0.05, 0) is 49.5 Å². The van der Waals surface area contributed by atoms with E-state index in [2.05, 4.69) is 20.9 Å². The number of hydrogen-bond donors (Lipinski definition) is 7. The molecule has 1 rings (SSSR count). The molecule has 0 saturated heterocycles. The van der Waals surface area contributed by atoms with Gasteiger partial charge in [0.2, 0.25) is 17.7 Å². The van der Waals surface area contributed by atoms with E-state index in [9.17, 15) is 24.3 Å². The molecular formula is C27H45N7O5. The van der Waals surface area contributed by atoms with Crippen LogP contribution in [0.25, 0.3) is 0 Å². The van der Waals surface area contributed by atoms with Crippen LogP contribution >= 0.6 is 0 Å². The lowest BCUT2D eigenvalue weighted by molar-refractivity contribution is -0.142. The molecule has 0 spiro atoms. The van der Waals surface area contributed by atoms with Crippen molar-refractivity contribution in [2.45, 2.75) is 84.0 Å². The van der Waals surface area contributed by atoms with Crippen molar-refractivity contribution in [1.82, 2.24) is 16.0 Å². The van der Waals surface area contributed by atoms with Crippen LogP contribution in [0.1, 0.15) is 58.9 Å². The first-order valence-electron chi connectivity index (χ1n) is 13.3. The van der Waals surface area contributed by atoms with Crippen molar-refractivity contribution in [3.05, 3.63) is 35.9 Å². The number of rotatable bonds is 17. The fraction of sp³-hybridized carbons (Fsp3) is 0.593. The minimum atomic E-state index is -1.17. The van der Waals surface area contributed by atoms with E-state index in [4.69, 9.17) is 17.2 Å². The Balaban J connectivity index is 3.02. The molecule has 0 heterocycles. The van der Waals surface area contributed by atoms with Crippen LogP contribution in [0.3, 0.4) is 0 Å². The van der Waals surface area contributed by atoms with Crippen molar-refractivity contribution in [3.8, 4) is 0 Å². The van der Waals surface area contributed by atoms with Gasteiger partial charge in [0.1, 0.15) is 18.1 Å². The van der Waals surface area contributed by atoms with E-state index in [1.54, 1.807) is 0 Å². The van der Waals surface area contributed by atoms with Gasteiger partial charge in [-0.3, -0.25) is 19.4 Å². The topological polar surface area (TPSA) is 215 Å². The lowest BCUT2D eigenvalue weighted by atomic mass is 10.00. The first kappa shape index (κ1) is 33.4. The summed E-state index contributed by atoms with van der Waals surface area (Å²) in [5.41, 5.74) is 17.7. The van der Waals surface area contributed by atoms with E-state index in [1.807, 2.05) is 58.0 Å². The smallest absolute Gasteiger partial charge is 0.326 e. The zero-order chi connectivity index (χ0) is 29.5. The zero-order valence-electron chi connectivity index (χ0n) is 23.4. The summed E-state index contributed by atoms with van der Waals surface area (Å²) in [6, 6.07) is 5.29. The van der Waals surface area contributed by atoms with E-state index < -0.39 is 47.9 Å². The molecule has 39 heavy (non-hydrogen) atoms. The number of amides is 3. The van der Waals surface area contributed by atoms with Crippen LogP contribution in [0.5, 0.6) is 0 Å². The molecule has 12 nitrogen and oxygen atoms in total. The first-order chi connectivity index (χ1) is 18.3. The molecule has 1 aromatic carbocycles. The van der Waals surface area contributed by atoms with E-state index in [0.29, 0.717) is 19.3 Å². The van der Waals surface area contributed by atoms with Crippen molar-refractivity contribution in [2.24, 2.45) is 34.0 Å². The highest BCUT2D eigenvalue weighted by Gasteiger charge is 2.30. The summed E-state index contributed by atoms with van der Waals surface area (Å²) in [6.07, 6.45) is 1.33. The number of nitrogens with one attached hydrogen (secondary N) is 3. The van der Waals surface area contributed by atoms with Crippen LogP contribution in [0.2, 0.25) is 0 Å². The van der Waals surface area contributed by atoms with Gasteiger partial charge >= 0.3 is 5.97 Å². The Hall–Kier alpha value is -3.67. The molecule has 0 aliphatic carbocycles. The second kappa shape index (κ2) is 17.0. The minimum Gasteiger partial charge on any atom is -0.480 e. The van der Waals surface area contributed by atoms with Gasteiger partial charge < -0.3 is 38.3 Å².